The van der Waals surface area contributed by atoms with E-state index in [0.29, 0.717) is 25.1 Å². The van der Waals surface area contributed by atoms with E-state index in [4.69, 9.17) is 0 Å². The molecule has 1 aliphatic heterocycles. The molecule has 1 fully saturated rings. The summed E-state index contributed by atoms with van der Waals surface area (Å²) in [6.45, 7) is 1.95. The van der Waals surface area contributed by atoms with E-state index in [2.05, 4.69) is 14.9 Å². The summed E-state index contributed by atoms with van der Waals surface area (Å²) < 4.78 is 30.6. The lowest BCUT2D eigenvalue weighted by Crippen LogP contribution is -2.41. The first-order chi connectivity index (χ1) is 8.48. The predicted molar refractivity (Wildman–Crippen MR) is 62.3 cm³/mol. The number of nitrogens with one attached hydrogen (secondary N) is 1. The third-order valence-electron chi connectivity index (χ3n) is 3.05. The highest BCUT2D eigenvalue weighted by Gasteiger charge is 2.41. The quantitative estimate of drug-likeness (QED) is 0.785. The van der Waals surface area contributed by atoms with E-state index in [-0.39, 0.29) is 4.90 Å². The predicted octanol–water partition coefficient (Wildman–Crippen LogP) is 0.0442. The maximum atomic E-state index is 12.4. The van der Waals surface area contributed by atoms with Gasteiger partial charge in [0, 0.05) is 6.54 Å². The molecule has 0 radical (unpaired) electrons. The molecule has 0 amide bonds. The Morgan fingerprint density at radius 2 is 2.33 bits per heavy atom. The van der Waals surface area contributed by atoms with Gasteiger partial charge in [0.05, 0.1) is 19.0 Å². The van der Waals surface area contributed by atoms with Gasteiger partial charge in [-0.25, -0.2) is 8.42 Å². The number of ether oxygens (including phenoxy) is 1. The second kappa shape index (κ2) is 4.69. The van der Waals surface area contributed by atoms with E-state index in [1.807, 2.05) is 0 Å². The minimum absolute atomic E-state index is 0.110. The lowest BCUT2D eigenvalue weighted by atomic mass is 10.2. The van der Waals surface area contributed by atoms with Crippen LogP contribution in [0.3, 0.4) is 0 Å². The number of aromatic nitrogens is 2. The number of sulfonamides is 1. The SMILES string of the molecule is COC(=O)C1CCCN1S(=O)(=O)c1cn[nH]c1C. The number of esters is 1. The average Bonchev–Trinajstić information content (AvgIpc) is 2.96. The van der Waals surface area contributed by atoms with Crippen LogP contribution in [0.1, 0.15) is 18.5 Å². The molecule has 1 aromatic rings. The van der Waals surface area contributed by atoms with Gasteiger partial charge < -0.3 is 4.74 Å². The summed E-state index contributed by atoms with van der Waals surface area (Å²) in [7, 11) is -2.43. The topological polar surface area (TPSA) is 92.4 Å². The summed E-state index contributed by atoms with van der Waals surface area (Å²) in [5.41, 5.74) is 0.463. The number of hydrogen-bond acceptors (Lipinski definition) is 5. The molecular weight excluding hydrogens is 258 g/mol. The van der Waals surface area contributed by atoms with Crippen molar-refractivity contribution in [2.75, 3.05) is 13.7 Å². The van der Waals surface area contributed by atoms with Crippen LogP contribution in [0.15, 0.2) is 11.1 Å². The third kappa shape index (κ3) is 2.01. The Morgan fingerprint density at radius 3 is 2.89 bits per heavy atom. The molecule has 1 saturated heterocycles. The summed E-state index contributed by atoms with van der Waals surface area (Å²) in [5.74, 6) is -0.516. The number of methoxy groups -OCH3 is 1. The normalized spacial score (nSPS) is 21.1. The van der Waals surface area contributed by atoms with Gasteiger partial charge in [0.25, 0.3) is 0 Å². The van der Waals surface area contributed by atoms with Crippen LogP contribution >= 0.6 is 0 Å². The lowest BCUT2D eigenvalue weighted by Gasteiger charge is -2.21. The van der Waals surface area contributed by atoms with E-state index in [1.165, 1.54) is 17.6 Å². The number of aromatic amines is 1. The molecule has 1 atom stereocenters. The highest BCUT2D eigenvalue weighted by atomic mass is 32.2. The Morgan fingerprint density at radius 1 is 1.61 bits per heavy atom. The van der Waals surface area contributed by atoms with Crippen LogP contribution in [-0.2, 0) is 19.6 Å². The summed E-state index contributed by atoms with van der Waals surface area (Å²) in [6.07, 6.45) is 2.40. The summed E-state index contributed by atoms with van der Waals surface area (Å²) in [6, 6.07) is -0.728. The Hall–Kier alpha value is -1.41. The number of nitrogens with zero attached hydrogens (tertiary/aromatic N) is 2. The van der Waals surface area contributed by atoms with Gasteiger partial charge in [-0.1, -0.05) is 0 Å². The third-order valence-corrected chi connectivity index (χ3v) is 5.07. The molecule has 18 heavy (non-hydrogen) atoms. The fourth-order valence-corrected chi connectivity index (χ4v) is 3.89. The Labute approximate surface area is 105 Å². The molecule has 2 heterocycles. The van der Waals surface area contributed by atoms with Gasteiger partial charge in [-0.05, 0) is 19.8 Å². The second-order valence-corrected chi connectivity index (χ2v) is 6.02. The zero-order valence-electron chi connectivity index (χ0n) is 10.2. The van der Waals surface area contributed by atoms with Gasteiger partial charge in [-0.2, -0.15) is 9.40 Å². The van der Waals surface area contributed by atoms with Crippen molar-refractivity contribution in [3.63, 3.8) is 0 Å². The monoisotopic (exact) mass is 273 g/mol. The molecule has 7 nitrogen and oxygen atoms in total. The van der Waals surface area contributed by atoms with Gasteiger partial charge >= 0.3 is 5.97 Å². The molecular formula is C10H15N3O4S. The van der Waals surface area contributed by atoms with Gasteiger partial charge in [0.1, 0.15) is 10.9 Å². The summed E-state index contributed by atoms with van der Waals surface area (Å²) in [5, 5.41) is 6.29. The Bertz CT molecular complexity index is 551. The summed E-state index contributed by atoms with van der Waals surface area (Å²) in [4.78, 5) is 11.7. The molecule has 1 aliphatic rings. The minimum Gasteiger partial charge on any atom is -0.468 e. The first-order valence-electron chi connectivity index (χ1n) is 5.58. The zero-order chi connectivity index (χ0) is 13.3. The first-order valence-corrected chi connectivity index (χ1v) is 7.02. The molecule has 1 unspecified atom stereocenters. The molecule has 0 bridgehead atoms. The van der Waals surface area contributed by atoms with Gasteiger partial charge in [-0.3, -0.25) is 9.89 Å². The van der Waals surface area contributed by atoms with E-state index in [1.54, 1.807) is 6.92 Å². The number of H-pyrrole nitrogens is 1. The number of carbonyl (C=O) groups is 1. The standard InChI is InChI=1S/C10H15N3O4S/c1-7-9(6-11-12-7)18(15,16)13-5-3-4-8(13)10(14)17-2/h6,8H,3-5H2,1-2H3,(H,11,12). The van der Waals surface area contributed by atoms with Crippen molar-refractivity contribution in [3.8, 4) is 0 Å². The Balaban J connectivity index is 2.36. The second-order valence-electron chi connectivity index (χ2n) is 4.16. The molecule has 8 heteroatoms. The van der Waals surface area contributed by atoms with Crippen LogP contribution in [0.4, 0.5) is 0 Å². The fraction of sp³-hybridized carbons (Fsp3) is 0.600. The highest BCUT2D eigenvalue weighted by Crippen LogP contribution is 2.27. The molecule has 1 N–H and O–H groups in total. The smallest absolute Gasteiger partial charge is 0.324 e. The molecule has 1 aromatic heterocycles. The van der Waals surface area contributed by atoms with Crippen LogP contribution in [-0.4, -0.2) is 48.6 Å². The van der Waals surface area contributed by atoms with Crippen LogP contribution in [0.5, 0.6) is 0 Å². The van der Waals surface area contributed by atoms with Crippen molar-refractivity contribution in [1.82, 2.24) is 14.5 Å². The van der Waals surface area contributed by atoms with Gasteiger partial charge in [0.2, 0.25) is 10.0 Å². The molecule has 2 rings (SSSR count). The maximum absolute atomic E-state index is 12.4. The van der Waals surface area contributed by atoms with Crippen molar-refractivity contribution >= 4 is 16.0 Å². The maximum Gasteiger partial charge on any atom is 0.324 e. The van der Waals surface area contributed by atoms with Crippen molar-refractivity contribution in [1.29, 1.82) is 0 Å². The molecule has 100 valence electrons. The average molecular weight is 273 g/mol. The number of hydrogen-bond donors (Lipinski definition) is 1. The fourth-order valence-electron chi connectivity index (χ4n) is 2.13. The highest BCUT2D eigenvalue weighted by molar-refractivity contribution is 7.89. The number of rotatable bonds is 3. The van der Waals surface area contributed by atoms with Gasteiger partial charge in [-0.15, -0.1) is 0 Å². The van der Waals surface area contributed by atoms with E-state index in [0.717, 1.165) is 0 Å². The number of aryl methyl sites for hydroxylation is 1. The van der Waals surface area contributed by atoms with Crippen molar-refractivity contribution in [2.45, 2.75) is 30.7 Å². The molecule has 0 saturated carbocycles. The van der Waals surface area contributed by atoms with E-state index >= 15 is 0 Å². The van der Waals surface area contributed by atoms with Gasteiger partial charge in [0.15, 0.2) is 0 Å². The van der Waals surface area contributed by atoms with E-state index < -0.39 is 22.0 Å². The zero-order valence-corrected chi connectivity index (χ0v) is 11.0. The van der Waals surface area contributed by atoms with Crippen LogP contribution in [0.2, 0.25) is 0 Å². The number of carbonyl (C=O) groups excluding carboxylic acids is 1. The molecule has 0 spiro atoms. The minimum atomic E-state index is -3.69. The Kier molecular flexibility index (Phi) is 3.40. The first kappa shape index (κ1) is 13.0. The lowest BCUT2D eigenvalue weighted by molar-refractivity contribution is -0.144. The van der Waals surface area contributed by atoms with Crippen LogP contribution in [0, 0.1) is 6.92 Å². The largest absolute Gasteiger partial charge is 0.468 e. The molecule has 0 aliphatic carbocycles. The van der Waals surface area contributed by atoms with Crippen molar-refractivity contribution in [2.24, 2.45) is 0 Å². The van der Waals surface area contributed by atoms with Crippen LogP contribution < -0.4 is 0 Å². The molecule has 0 aromatic carbocycles. The van der Waals surface area contributed by atoms with Crippen LogP contribution in [0.25, 0.3) is 0 Å². The summed E-state index contributed by atoms with van der Waals surface area (Å²) >= 11 is 0. The van der Waals surface area contributed by atoms with Crippen molar-refractivity contribution < 1.29 is 17.9 Å². The van der Waals surface area contributed by atoms with E-state index in [9.17, 15) is 13.2 Å². The van der Waals surface area contributed by atoms with Crippen molar-refractivity contribution in [3.05, 3.63) is 11.9 Å².